The second kappa shape index (κ2) is 6.66. The lowest BCUT2D eigenvalue weighted by Gasteiger charge is -2.17. The largest absolute Gasteiger partial charge is 0.370 e. The molecule has 0 fully saturated rings. The lowest BCUT2D eigenvalue weighted by atomic mass is 10.0. The van der Waals surface area contributed by atoms with Crippen LogP contribution >= 0.6 is 0 Å². The summed E-state index contributed by atoms with van der Waals surface area (Å²) in [4.78, 5) is 8.80. The molecule has 6 heteroatoms. The van der Waals surface area contributed by atoms with Gasteiger partial charge in [-0.2, -0.15) is 0 Å². The predicted molar refractivity (Wildman–Crippen MR) is 92.3 cm³/mol. The predicted octanol–water partition coefficient (Wildman–Crippen LogP) is 2.48. The zero-order valence-electron chi connectivity index (χ0n) is 13.2. The van der Waals surface area contributed by atoms with Gasteiger partial charge in [-0.05, 0) is 48.9 Å². The van der Waals surface area contributed by atoms with Gasteiger partial charge in [-0.1, -0.05) is 0 Å². The van der Waals surface area contributed by atoms with E-state index in [1.807, 2.05) is 12.4 Å². The molecule has 0 bridgehead atoms. The van der Waals surface area contributed by atoms with Crippen molar-refractivity contribution in [2.75, 3.05) is 23.9 Å². The van der Waals surface area contributed by atoms with Gasteiger partial charge in [0.2, 0.25) is 0 Å². The first-order valence-corrected chi connectivity index (χ1v) is 9.92. The van der Waals surface area contributed by atoms with Crippen LogP contribution < -0.4 is 5.32 Å². The van der Waals surface area contributed by atoms with Crippen LogP contribution in [0.5, 0.6) is 0 Å². The van der Waals surface area contributed by atoms with Crippen LogP contribution in [0.4, 0.5) is 5.82 Å². The fraction of sp³-hybridized carbons (Fsp3) is 0.412. The van der Waals surface area contributed by atoms with E-state index in [0.29, 0.717) is 12.8 Å². The SMILES string of the molecule is CS(=O)(=O)CCCc1cncc(-c2cnc3c(c2)CCCN3)c1. The normalized spacial score (nSPS) is 14.1. The molecular weight excluding hydrogens is 310 g/mol. The molecule has 2 aromatic heterocycles. The molecule has 0 spiro atoms. The van der Waals surface area contributed by atoms with E-state index in [2.05, 4.69) is 27.4 Å². The Morgan fingerprint density at radius 2 is 2.00 bits per heavy atom. The maximum atomic E-state index is 11.2. The molecule has 0 atom stereocenters. The van der Waals surface area contributed by atoms with Gasteiger partial charge in [0.1, 0.15) is 15.7 Å². The van der Waals surface area contributed by atoms with Crippen LogP contribution in [0.1, 0.15) is 24.0 Å². The summed E-state index contributed by atoms with van der Waals surface area (Å²) in [6.07, 6.45) is 10.3. The monoisotopic (exact) mass is 331 g/mol. The molecule has 0 aliphatic carbocycles. The van der Waals surface area contributed by atoms with Gasteiger partial charge < -0.3 is 5.32 Å². The molecule has 0 aromatic carbocycles. The summed E-state index contributed by atoms with van der Waals surface area (Å²) >= 11 is 0. The van der Waals surface area contributed by atoms with Crippen molar-refractivity contribution in [3.05, 3.63) is 41.9 Å². The number of nitrogens with one attached hydrogen (secondary N) is 1. The van der Waals surface area contributed by atoms with Crippen LogP contribution in [-0.4, -0.2) is 36.9 Å². The highest BCUT2D eigenvalue weighted by Gasteiger charge is 2.11. The Labute approximate surface area is 137 Å². The number of hydrogen-bond acceptors (Lipinski definition) is 5. The Morgan fingerprint density at radius 3 is 2.83 bits per heavy atom. The van der Waals surface area contributed by atoms with Crippen molar-refractivity contribution in [2.24, 2.45) is 0 Å². The Balaban J connectivity index is 1.77. The molecule has 0 unspecified atom stereocenters. The summed E-state index contributed by atoms with van der Waals surface area (Å²) in [7, 11) is -2.90. The van der Waals surface area contributed by atoms with Gasteiger partial charge in [-0.25, -0.2) is 13.4 Å². The van der Waals surface area contributed by atoms with Gasteiger partial charge >= 0.3 is 0 Å². The second-order valence-electron chi connectivity index (χ2n) is 6.08. The summed E-state index contributed by atoms with van der Waals surface area (Å²) in [5.41, 5.74) is 4.39. The molecule has 1 N–H and O–H groups in total. The van der Waals surface area contributed by atoms with Crippen molar-refractivity contribution in [3.8, 4) is 11.1 Å². The van der Waals surface area contributed by atoms with E-state index in [1.165, 1.54) is 11.8 Å². The van der Waals surface area contributed by atoms with Crippen LogP contribution in [-0.2, 0) is 22.7 Å². The summed E-state index contributed by atoms with van der Waals surface area (Å²) in [5.74, 6) is 1.20. The third-order valence-electron chi connectivity index (χ3n) is 3.99. The minimum absolute atomic E-state index is 0.212. The van der Waals surface area contributed by atoms with Gasteiger partial charge in [0.05, 0.1) is 5.75 Å². The number of aromatic nitrogens is 2. The standard InChI is InChI=1S/C17H21N3O2S/c1-23(21,22)7-3-4-13-8-15(11-18-10-13)16-9-14-5-2-6-19-17(14)20-12-16/h8-12H,2-7H2,1H3,(H,19,20). The summed E-state index contributed by atoms with van der Waals surface area (Å²) in [6.45, 7) is 0.983. The molecule has 0 amide bonds. The second-order valence-corrected chi connectivity index (χ2v) is 8.34. The lowest BCUT2D eigenvalue weighted by Crippen LogP contribution is -2.13. The van der Waals surface area contributed by atoms with Crippen molar-refractivity contribution >= 4 is 15.7 Å². The van der Waals surface area contributed by atoms with Crippen LogP contribution in [0, 0.1) is 0 Å². The molecule has 23 heavy (non-hydrogen) atoms. The van der Waals surface area contributed by atoms with E-state index in [4.69, 9.17) is 0 Å². The number of pyridine rings is 2. The number of nitrogens with zero attached hydrogens (tertiary/aromatic N) is 2. The van der Waals surface area contributed by atoms with E-state index < -0.39 is 9.84 Å². The van der Waals surface area contributed by atoms with Crippen LogP contribution in [0.3, 0.4) is 0 Å². The number of hydrogen-bond donors (Lipinski definition) is 1. The highest BCUT2D eigenvalue weighted by atomic mass is 32.2. The first kappa shape index (κ1) is 15.9. The minimum Gasteiger partial charge on any atom is -0.370 e. The third-order valence-corrected chi connectivity index (χ3v) is 5.02. The maximum Gasteiger partial charge on any atom is 0.147 e. The Kier molecular flexibility index (Phi) is 4.61. The molecule has 5 nitrogen and oxygen atoms in total. The van der Waals surface area contributed by atoms with Gasteiger partial charge in [0, 0.05) is 42.5 Å². The highest BCUT2D eigenvalue weighted by molar-refractivity contribution is 7.90. The van der Waals surface area contributed by atoms with E-state index in [0.717, 1.165) is 41.9 Å². The Bertz CT molecular complexity index is 803. The highest BCUT2D eigenvalue weighted by Crippen LogP contribution is 2.26. The van der Waals surface area contributed by atoms with E-state index >= 15 is 0 Å². The maximum absolute atomic E-state index is 11.2. The van der Waals surface area contributed by atoms with Gasteiger partial charge in [-0.3, -0.25) is 4.98 Å². The van der Waals surface area contributed by atoms with Crippen LogP contribution in [0.25, 0.3) is 11.1 Å². The molecule has 1 aliphatic rings. The van der Waals surface area contributed by atoms with Crippen molar-refractivity contribution < 1.29 is 8.42 Å². The van der Waals surface area contributed by atoms with Gasteiger partial charge in [0.25, 0.3) is 0 Å². The number of aryl methyl sites for hydroxylation is 2. The fourth-order valence-corrected chi connectivity index (χ4v) is 3.49. The molecule has 0 saturated heterocycles. The molecule has 3 rings (SSSR count). The smallest absolute Gasteiger partial charge is 0.147 e. The van der Waals surface area contributed by atoms with Crippen molar-refractivity contribution in [1.29, 1.82) is 0 Å². The van der Waals surface area contributed by atoms with Gasteiger partial charge in [-0.15, -0.1) is 0 Å². The topological polar surface area (TPSA) is 72.0 Å². The molecule has 2 aromatic rings. The molecule has 0 saturated carbocycles. The Morgan fingerprint density at radius 1 is 1.17 bits per heavy atom. The molecular formula is C17H21N3O2S. The zero-order valence-corrected chi connectivity index (χ0v) is 14.1. The van der Waals surface area contributed by atoms with Crippen molar-refractivity contribution in [1.82, 2.24) is 9.97 Å². The molecule has 122 valence electrons. The average Bonchev–Trinajstić information content (AvgIpc) is 2.53. The lowest BCUT2D eigenvalue weighted by molar-refractivity contribution is 0.599. The summed E-state index contributed by atoms with van der Waals surface area (Å²) in [6, 6.07) is 4.25. The number of fused-ring (bicyclic) bond motifs is 1. The number of sulfone groups is 1. The first-order valence-electron chi connectivity index (χ1n) is 7.86. The van der Waals surface area contributed by atoms with Crippen LogP contribution in [0.15, 0.2) is 30.7 Å². The molecule has 3 heterocycles. The van der Waals surface area contributed by atoms with Crippen molar-refractivity contribution in [2.45, 2.75) is 25.7 Å². The zero-order chi connectivity index (χ0) is 16.3. The fourth-order valence-electron chi connectivity index (χ4n) is 2.82. The summed E-state index contributed by atoms with van der Waals surface area (Å²) < 4.78 is 22.4. The quantitative estimate of drug-likeness (QED) is 0.911. The van der Waals surface area contributed by atoms with Crippen LogP contribution in [0.2, 0.25) is 0 Å². The van der Waals surface area contributed by atoms with E-state index in [-0.39, 0.29) is 5.75 Å². The van der Waals surface area contributed by atoms with Crippen molar-refractivity contribution in [3.63, 3.8) is 0 Å². The van der Waals surface area contributed by atoms with Gasteiger partial charge in [0.15, 0.2) is 0 Å². The van der Waals surface area contributed by atoms with E-state index in [9.17, 15) is 8.42 Å². The summed E-state index contributed by atoms with van der Waals surface area (Å²) in [5, 5.41) is 3.31. The minimum atomic E-state index is -2.90. The first-order chi connectivity index (χ1) is 11.0. The number of anilines is 1. The average molecular weight is 331 g/mol. The van der Waals surface area contributed by atoms with E-state index in [1.54, 1.807) is 6.20 Å². The molecule has 1 aliphatic heterocycles. The third kappa shape index (κ3) is 4.28. The Hall–Kier alpha value is -1.95. The number of rotatable bonds is 5. The molecule has 0 radical (unpaired) electrons.